The number of hydrogen-bond acceptors (Lipinski definition) is 3. The molecule has 2 atom stereocenters. The van der Waals surface area contributed by atoms with Crippen LogP contribution in [0.4, 0.5) is 4.79 Å². The predicted molar refractivity (Wildman–Crippen MR) is 57.8 cm³/mol. The summed E-state index contributed by atoms with van der Waals surface area (Å²) in [6.45, 7) is 1.75. The van der Waals surface area contributed by atoms with Crippen LogP contribution in [0.15, 0.2) is 0 Å². The molecule has 0 aromatic carbocycles. The molecule has 15 heavy (non-hydrogen) atoms. The Kier molecular flexibility index (Phi) is 3.14. The molecule has 0 N–H and O–H groups in total. The van der Waals surface area contributed by atoms with Crippen molar-refractivity contribution in [3.05, 3.63) is 0 Å². The topological polar surface area (TPSA) is 32.8 Å². The zero-order valence-electron chi connectivity index (χ0n) is 9.61. The molecule has 2 heterocycles. The first kappa shape index (κ1) is 10.7. The molecule has 1 amide bonds. The number of hydrogen-bond donors (Lipinski definition) is 0. The van der Waals surface area contributed by atoms with Crippen LogP contribution in [0.1, 0.15) is 25.7 Å². The molecule has 0 spiro atoms. The van der Waals surface area contributed by atoms with Crippen LogP contribution >= 0.6 is 0 Å². The first-order valence-electron chi connectivity index (χ1n) is 5.78. The Labute approximate surface area is 91.2 Å². The molecule has 0 aliphatic carbocycles. The Morgan fingerprint density at radius 2 is 2.20 bits per heavy atom. The van der Waals surface area contributed by atoms with E-state index in [4.69, 9.17) is 4.74 Å². The van der Waals surface area contributed by atoms with Gasteiger partial charge in [-0.1, -0.05) is 0 Å². The van der Waals surface area contributed by atoms with Gasteiger partial charge in [0.25, 0.3) is 0 Å². The van der Waals surface area contributed by atoms with Crippen LogP contribution in [0.25, 0.3) is 0 Å². The summed E-state index contributed by atoms with van der Waals surface area (Å²) in [5.74, 6) is 0. The van der Waals surface area contributed by atoms with Gasteiger partial charge in [0.05, 0.1) is 0 Å². The Bertz CT molecular complexity index is 243. The fourth-order valence-electron chi connectivity index (χ4n) is 2.68. The fraction of sp³-hybridized carbons (Fsp3) is 0.909. The van der Waals surface area contributed by atoms with Crippen molar-refractivity contribution in [2.75, 3.05) is 27.2 Å². The van der Waals surface area contributed by atoms with Gasteiger partial charge in [-0.25, -0.2) is 4.79 Å². The highest BCUT2D eigenvalue weighted by Gasteiger charge is 2.36. The summed E-state index contributed by atoms with van der Waals surface area (Å²) in [5.41, 5.74) is 0. The summed E-state index contributed by atoms with van der Waals surface area (Å²) in [4.78, 5) is 15.3. The van der Waals surface area contributed by atoms with Gasteiger partial charge in [0.2, 0.25) is 0 Å². The Hall–Kier alpha value is -0.770. The quantitative estimate of drug-likeness (QED) is 0.692. The largest absolute Gasteiger partial charge is 0.448 e. The lowest BCUT2D eigenvalue weighted by Gasteiger charge is -2.23. The maximum absolute atomic E-state index is 11.3. The summed E-state index contributed by atoms with van der Waals surface area (Å²) >= 11 is 0. The molecule has 2 aliphatic heterocycles. The molecular weight excluding hydrogens is 192 g/mol. The Morgan fingerprint density at radius 1 is 1.40 bits per heavy atom. The minimum Gasteiger partial charge on any atom is -0.448 e. The van der Waals surface area contributed by atoms with Crippen LogP contribution in [0, 0.1) is 0 Å². The van der Waals surface area contributed by atoms with Gasteiger partial charge in [-0.05, 0) is 32.2 Å². The van der Waals surface area contributed by atoms with Crippen molar-refractivity contribution in [1.29, 1.82) is 0 Å². The number of fused-ring (bicyclic) bond motifs is 1. The van der Waals surface area contributed by atoms with Crippen molar-refractivity contribution >= 4 is 6.09 Å². The molecule has 2 aliphatic rings. The maximum Gasteiger partial charge on any atom is 0.409 e. The van der Waals surface area contributed by atoms with Crippen LogP contribution < -0.4 is 0 Å². The highest BCUT2D eigenvalue weighted by molar-refractivity contribution is 5.66. The summed E-state index contributed by atoms with van der Waals surface area (Å²) in [6.07, 6.45) is 4.88. The summed E-state index contributed by atoms with van der Waals surface area (Å²) in [5, 5.41) is 0. The van der Waals surface area contributed by atoms with Crippen LogP contribution in [0.5, 0.6) is 0 Å². The lowest BCUT2D eigenvalue weighted by atomic mass is 10.1. The van der Waals surface area contributed by atoms with Gasteiger partial charge in [-0.15, -0.1) is 0 Å². The minimum atomic E-state index is -0.224. The van der Waals surface area contributed by atoms with E-state index in [-0.39, 0.29) is 6.09 Å². The molecule has 2 fully saturated rings. The smallest absolute Gasteiger partial charge is 0.409 e. The normalized spacial score (nSPS) is 30.3. The van der Waals surface area contributed by atoms with Gasteiger partial charge in [-0.2, -0.15) is 0 Å². The molecule has 2 unspecified atom stereocenters. The number of ether oxygens (including phenoxy) is 1. The molecule has 0 bridgehead atoms. The first-order chi connectivity index (χ1) is 7.18. The second-order valence-electron chi connectivity index (χ2n) is 4.74. The van der Waals surface area contributed by atoms with Gasteiger partial charge in [-0.3, -0.25) is 4.90 Å². The van der Waals surface area contributed by atoms with Gasteiger partial charge < -0.3 is 9.64 Å². The molecule has 2 rings (SSSR count). The summed E-state index contributed by atoms with van der Waals surface area (Å²) < 4.78 is 5.24. The van der Waals surface area contributed by atoms with Crippen molar-refractivity contribution in [3.8, 4) is 0 Å². The van der Waals surface area contributed by atoms with Gasteiger partial charge >= 0.3 is 6.09 Å². The number of nitrogens with zero attached hydrogens (tertiary/aromatic N) is 2. The average Bonchev–Trinajstić information content (AvgIpc) is 2.76. The molecular formula is C11H20N2O2. The SMILES string of the molecule is CN(C)C(=O)OCC1CCC2CCCN21. The van der Waals surface area contributed by atoms with Gasteiger partial charge in [0.1, 0.15) is 6.61 Å². The predicted octanol–water partition coefficient (Wildman–Crippen LogP) is 1.31. The molecule has 0 aromatic heterocycles. The van der Waals surface area contributed by atoms with E-state index in [1.54, 1.807) is 14.1 Å². The number of carbonyl (C=O) groups is 1. The standard InChI is InChI=1S/C11H20N2O2/c1-12(2)11(14)15-8-10-6-5-9-4-3-7-13(9)10/h9-10H,3-8H2,1-2H3. The molecule has 4 nitrogen and oxygen atoms in total. The lowest BCUT2D eigenvalue weighted by molar-refractivity contribution is 0.0861. The fourth-order valence-corrected chi connectivity index (χ4v) is 2.68. The molecule has 86 valence electrons. The number of rotatable bonds is 2. The van der Waals surface area contributed by atoms with E-state index in [9.17, 15) is 4.79 Å². The lowest BCUT2D eigenvalue weighted by Crippen LogP contribution is -2.36. The van der Waals surface area contributed by atoms with E-state index in [1.807, 2.05) is 0 Å². The monoisotopic (exact) mass is 212 g/mol. The van der Waals surface area contributed by atoms with Crippen LogP contribution in [0.3, 0.4) is 0 Å². The van der Waals surface area contributed by atoms with Crippen molar-refractivity contribution in [1.82, 2.24) is 9.80 Å². The van der Waals surface area contributed by atoms with Crippen molar-refractivity contribution in [2.45, 2.75) is 37.8 Å². The van der Waals surface area contributed by atoms with E-state index < -0.39 is 0 Å². The summed E-state index contributed by atoms with van der Waals surface area (Å²) in [6, 6.07) is 1.24. The van der Waals surface area contributed by atoms with Crippen molar-refractivity contribution in [2.24, 2.45) is 0 Å². The third kappa shape index (κ3) is 2.25. The van der Waals surface area contributed by atoms with E-state index >= 15 is 0 Å². The zero-order chi connectivity index (χ0) is 10.8. The number of carbonyl (C=O) groups excluding carboxylic acids is 1. The first-order valence-corrected chi connectivity index (χ1v) is 5.78. The Morgan fingerprint density at radius 3 is 2.93 bits per heavy atom. The van der Waals surface area contributed by atoms with Gasteiger partial charge in [0, 0.05) is 26.2 Å². The minimum absolute atomic E-state index is 0.224. The van der Waals surface area contributed by atoms with Crippen molar-refractivity contribution in [3.63, 3.8) is 0 Å². The zero-order valence-corrected chi connectivity index (χ0v) is 9.61. The number of amides is 1. The Balaban J connectivity index is 1.78. The second kappa shape index (κ2) is 4.39. The van der Waals surface area contributed by atoms with E-state index in [1.165, 1.54) is 37.1 Å². The van der Waals surface area contributed by atoms with E-state index in [2.05, 4.69) is 4.90 Å². The average molecular weight is 212 g/mol. The second-order valence-corrected chi connectivity index (χ2v) is 4.74. The molecule has 2 saturated heterocycles. The van der Waals surface area contributed by atoms with E-state index in [0.717, 1.165) is 6.04 Å². The molecule has 0 radical (unpaired) electrons. The highest BCUT2D eigenvalue weighted by atomic mass is 16.6. The molecule has 4 heteroatoms. The highest BCUT2D eigenvalue weighted by Crippen LogP contribution is 2.32. The molecule has 0 aromatic rings. The van der Waals surface area contributed by atoms with Crippen LogP contribution in [-0.4, -0.2) is 55.2 Å². The maximum atomic E-state index is 11.3. The van der Waals surface area contributed by atoms with E-state index in [0.29, 0.717) is 12.6 Å². The van der Waals surface area contributed by atoms with Crippen LogP contribution in [-0.2, 0) is 4.74 Å². The van der Waals surface area contributed by atoms with Crippen LogP contribution in [0.2, 0.25) is 0 Å². The summed E-state index contributed by atoms with van der Waals surface area (Å²) in [7, 11) is 3.44. The van der Waals surface area contributed by atoms with Gasteiger partial charge in [0.15, 0.2) is 0 Å². The third-order valence-electron chi connectivity index (χ3n) is 3.49. The third-order valence-corrected chi connectivity index (χ3v) is 3.49. The van der Waals surface area contributed by atoms with Crippen molar-refractivity contribution < 1.29 is 9.53 Å². The molecule has 0 saturated carbocycles.